The number of likely N-dealkylation sites (tertiary alicyclic amines) is 1. The number of rotatable bonds is 4. The maximum atomic E-state index is 10.7. The molecule has 0 bridgehead atoms. The van der Waals surface area contributed by atoms with E-state index in [0.717, 1.165) is 24.1 Å². The highest BCUT2D eigenvalue weighted by atomic mass is 79.9. The van der Waals surface area contributed by atoms with Crippen LogP contribution in [0.25, 0.3) is 21.8 Å². The Morgan fingerprint density at radius 2 is 1.67 bits per heavy atom. The van der Waals surface area contributed by atoms with Crippen molar-refractivity contribution in [3.63, 3.8) is 0 Å². The molecule has 3 nitrogen and oxygen atoms in total. The molecule has 0 unspecified atom stereocenters. The van der Waals surface area contributed by atoms with Crippen LogP contribution < -0.4 is 0 Å². The number of aliphatic hydroxyl groups is 1. The third-order valence-corrected chi connectivity index (χ3v) is 5.54. The molecule has 126 valence electrons. The smallest absolute Gasteiger partial charge is 0.0845 e. The van der Waals surface area contributed by atoms with Gasteiger partial charge in [0.15, 0.2) is 0 Å². The summed E-state index contributed by atoms with van der Waals surface area (Å²) in [5.74, 6) is 0. The lowest BCUT2D eigenvalue weighted by atomic mass is 10.1. The highest BCUT2D eigenvalue weighted by Crippen LogP contribution is 2.31. The van der Waals surface area contributed by atoms with Gasteiger partial charge in [0, 0.05) is 32.8 Å². The minimum Gasteiger partial charge on any atom is -0.390 e. The Bertz CT molecular complexity index is 851. The summed E-state index contributed by atoms with van der Waals surface area (Å²) in [4.78, 5) is 2.40. The highest BCUT2D eigenvalue weighted by Gasteiger charge is 2.17. The second-order valence-corrected chi connectivity index (χ2v) is 7.72. The number of nitrogens with zero attached hydrogens (tertiary/aromatic N) is 2. The normalized spacial score (nSPS) is 17.6. The fourth-order valence-corrected chi connectivity index (χ4v) is 4.29. The van der Waals surface area contributed by atoms with Crippen molar-refractivity contribution in [2.45, 2.75) is 31.9 Å². The van der Waals surface area contributed by atoms with Gasteiger partial charge in [-0.2, -0.15) is 0 Å². The van der Waals surface area contributed by atoms with Crippen molar-refractivity contribution in [2.75, 3.05) is 19.6 Å². The average molecular weight is 387 g/mol. The molecule has 0 saturated carbocycles. The Labute approximate surface area is 151 Å². The lowest BCUT2D eigenvalue weighted by Crippen LogP contribution is -2.38. The summed E-state index contributed by atoms with van der Waals surface area (Å²) in [6, 6.07) is 14.9. The van der Waals surface area contributed by atoms with Gasteiger partial charge in [0.25, 0.3) is 0 Å². The van der Waals surface area contributed by atoms with E-state index in [-0.39, 0.29) is 6.10 Å². The number of β-amino-alcohol motifs (C(OH)–C–C–N with tert-alkyl or cyclic N) is 1. The number of piperidine rings is 1. The first-order valence-corrected chi connectivity index (χ1v) is 9.58. The Hall–Kier alpha value is -1.36. The lowest BCUT2D eigenvalue weighted by molar-refractivity contribution is 0.0901. The van der Waals surface area contributed by atoms with Gasteiger partial charge >= 0.3 is 0 Å². The van der Waals surface area contributed by atoms with Gasteiger partial charge in [-0.3, -0.25) is 0 Å². The van der Waals surface area contributed by atoms with Crippen LogP contribution in [0.5, 0.6) is 0 Å². The monoisotopic (exact) mass is 386 g/mol. The second kappa shape index (κ2) is 6.87. The van der Waals surface area contributed by atoms with Gasteiger partial charge in [0.1, 0.15) is 0 Å². The van der Waals surface area contributed by atoms with E-state index >= 15 is 0 Å². The number of aliphatic hydroxyl groups excluding tert-OH is 1. The van der Waals surface area contributed by atoms with Gasteiger partial charge < -0.3 is 14.6 Å². The Morgan fingerprint density at radius 3 is 2.50 bits per heavy atom. The maximum absolute atomic E-state index is 10.7. The van der Waals surface area contributed by atoms with E-state index in [1.165, 1.54) is 41.1 Å². The van der Waals surface area contributed by atoms with Crippen molar-refractivity contribution in [3.8, 4) is 0 Å². The molecular weight excluding hydrogens is 364 g/mol. The third-order valence-electron chi connectivity index (χ3n) is 5.05. The first-order chi connectivity index (χ1) is 11.7. The summed E-state index contributed by atoms with van der Waals surface area (Å²) in [6.07, 6.45) is 3.51. The molecular formula is C20H23BrN2O. The van der Waals surface area contributed by atoms with Gasteiger partial charge in [0.05, 0.1) is 12.6 Å². The molecule has 0 radical (unpaired) electrons. The zero-order valence-electron chi connectivity index (χ0n) is 13.8. The largest absolute Gasteiger partial charge is 0.390 e. The first-order valence-electron chi connectivity index (χ1n) is 8.79. The zero-order valence-corrected chi connectivity index (χ0v) is 15.4. The van der Waals surface area contributed by atoms with Crippen LogP contribution in [-0.4, -0.2) is 40.3 Å². The summed E-state index contributed by atoms with van der Waals surface area (Å²) < 4.78 is 3.36. The molecule has 1 aliphatic heterocycles. The number of fused-ring (bicyclic) bond motifs is 3. The van der Waals surface area contributed by atoms with Crippen molar-refractivity contribution >= 4 is 37.7 Å². The van der Waals surface area contributed by atoms with Crippen LogP contribution in [0.2, 0.25) is 0 Å². The minimum atomic E-state index is -0.342. The molecule has 1 aliphatic rings. The third kappa shape index (κ3) is 3.10. The molecule has 1 fully saturated rings. The Balaban J connectivity index is 1.67. The van der Waals surface area contributed by atoms with E-state index in [4.69, 9.17) is 0 Å². The van der Waals surface area contributed by atoms with Crippen LogP contribution in [-0.2, 0) is 6.54 Å². The molecule has 1 atom stereocenters. The molecule has 1 N–H and O–H groups in total. The molecule has 2 heterocycles. The summed E-state index contributed by atoms with van der Waals surface area (Å²) in [5.41, 5.74) is 2.39. The van der Waals surface area contributed by atoms with E-state index in [0.29, 0.717) is 6.54 Å². The molecule has 1 saturated heterocycles. The standard InChI is InChI=1S/C20H23BrN2O/c21-15-8-9-20-18(12-15)17-6-2-3-7-19(17)23(20)14-16(24)13-22-10-4-1-5-11-22/h2-3,6-9,12,16,24H,1,4-5,10-11,13-14H2/t16-/m1/s1. The van der Waals surface area contributed by atoms with Crippen molar-refractivity contribution in [1.82, 2.24) is 9.47 Å². The fourth-order valence-electron chi connectivity index (χ4n) is 3.93. The molecule has 1 aromatic heterocycles. The summed E-state index contributed by atoms with van der Waals surface area (Å²) >= 11 is 3.58. The fraction of sp³-hybridized carbons (Fsp3) is 0.400. The topological polar surface area (TPSA) is 28.4 Å². The van der Waals surface area contributed by atoms with Crippen molar-refractivity contribution in [2.24, 2.45) is 0 Å². The van der Waals surface area contributed by atoms with Crippen LogP contribution in [0.3, 0.4) is 0 Å². The first kappa shape index (κ1) is 16.1. The quantitative estimate of drug-likeness (QED) is 0.719. The van der Waals surface area contributed by atoms with Crippen LogP contribution in [0.1, 0.15) is 19.3 Å². The SMILES string of the molecule is O[C@H](CN1CCCCC1)Cn1c2ccccc2c2cc(Br)ccc21. The minimum absolute atomic E-state index is 0.342. The zero-order chi connectivity index (χ0) is 16.5. The Morgan fingerprint density at radius 1 is 0.917 bits per heavy atom. The van der Waals surface area contributed by atoms with Gasteiger partial charge in [0.2, 0.25) is 0 Å². The summed E-state index contributed by atoms with van der Waals surface area (Å²) in [5, 5.41) is 13.2. The van der Waals surface area contributed by atoms with E-state index in [2.05, 4.69) is 67.9 Å². The number of para-hydroxylation sites is 1. The van der Waals surface area contributed by atoms with Crippen LogP contribution in [0.4, 0.5) is 0 Å². The molecule has 4 rings (SSSR count). The molecule has 3 aromatic rings. The summed E-state index contributed by atoms with van der Waals surface area (Å²) in [6.45, 7) is 3.65. The van der Waals surface area contributed by atoms with E-state index in [1.807, 2.05) is 0 Å². The Kier molecular flexibility index (Phi) is 4.61. The van der Waals surface area contributed by atoms with Crippen molar-refractivity contribution < 1.29 is 5.11 Å². The van der Waals surface area contributed by atoms with E-state index < -0.39 is 0 Å². The van der Waals surface area contributed by atoms with Gasteiger partial charge in [-0.25, -0.2) is 0 Å². The lowest BCUT2D eigenvalue weighted by Gasteiger charge is -2.28. The number of halogens is 1. The van der Waals surface area contributed by atoms with Gasteiger partial charge in [-0.05, 0) is 50.2 Å². The van der Waals surface area contributed by atoms with Crippen molar-refractivity contribution in [1.29, 1.82) is 0 Å². The summed E-state index contributed by atoms with van der Waals surface area (Å²) in [7, 11) is 0. The highest BCUT2D eigenvalue weighted by molar-refractivity contribution is 9.10. The average Bonchev–Trinajstić information content (AvgIpc) is 2.89. The van der Waals surface area contributed by atoms with E-state index in [1.54, 1.807) is 0 Å². The van der Waals surface area contributed by atoms with E-state index in [9.17, 15) is 5.11 Å². The molecule has 2 aromatic carbocycles. The molecule has 0 aliphatic carbocycles. The maximum Gasteiger partial charge on any atom is 0.0845 e. The van der Waals surface area contributed by atoms with Crippen molar-refractivity contribution in [3.05, 3.63) is 46.9 Å². The molecule has 0 amide bonds. The molecule has 24 heavy (non-hydrogen) atoms. The van der Waals surface area contributed by atoms with Crippen LogP contribution >= 0.6 is 15.9 Å². The van der Waals surface area contributed by atoms with Crippen LogP contribution in [0.15, 0.2) is 46.9 Å². The molecule has 4 heteroatoms. The van der Waals surface area contributed by atoms with Gasteiger partial charge in [-0.1, -0.05) is 40.5 Å². The predicted molar refractivity (Wildman–Crippen MR) is 103 cm³/mol. The number of benzene rings is 2. The number of hydrogen-bond donors (Lipinski definition) is 1. The predicted octanol–water partition coefficient (Wildman–Crippen LogP) is 4.40. The van der Waals surface area contributed by atoms with Gasteiger partial charge in [-0.15, -0.1) is 0 Å². The second-order valence-electron chi connectivity index (χ2n) is 6.80. The van der Waals surface area contributed by atoms with Crippen LogP contribution in [0, 0.1) is 0 Å². The molecule has 0 spiro atoms. The number of aromatic nitrogens is 1. The number of hydrogen-bond acceptors (Lipinski definition) is 2.